The number of ether oxygens (including phenoxy) is 2. The Hall–Kier alpha value is -3.00. The average molecular weight is 283 g/mol. The van der Waals surface area contributed by atoms with Crippen LogP contribution in [0.5, 0.6) is 11.5 Å². The van der Waals surface area contributed by atoms with Crippen LogP contribution in [0, 0.1) is 5.39 Å². The van der Waals surface area contributed by atoms with Gasteiger partial charge in [-0.3, -0.25) is 0 Å². The van der Waals surface area contributed by atoms with Crippen molar-refractivity contribution in [1.29, 1.82) is 5.39 Å². The lowest BCUT2D eigenvalue weighted by atomic mass is 10.1. The van der Waals surface area contributed by atoms with Crippen molar-refractivity contribution < 1.29 is 14.6 Å². The summed E-state index contributed by atoms with van der Waals surface area (Å²) in [6.45, 7) is 0. The Bertz CT molecular complexity index is 717. The van der Waals surface area contributed by atoms with Crippen molar-refractivity contribution in [3.05, 3.63) is 64.6 Å². The van der Waals surface area contributed by atoms with Gasteiger partial charge in [0.2, 0.25) is 11.2 Å². The maximum absolute atomic E-state index is 10.5. The first-order valence-electron chi connectivity index (χ1n) is 6.28. The number of diazo groups is 1. The molecule has 21 heavy (non-hydrogen) atoms. The molecule has 0 saturated heterocycles. The van der Waals surface area contributed by atoms with Crippen molar-refractivity contribution in [2.24, 2.45) is 0 Å². The standard InChI is InChI=1S/C16H14N2O3/c1-20-13-9-5-3-7-11(13)15(18-17)16(19)12-8-4-6-10-14(12)21-2/h3-10H,1-2H3/p+1/b16-15+. The quantitative estimate of drug-likeness (QED) is 0.524. The number of hydrogen-bond acceptors (Lipinski definition) is 4. The van der Waals surface area contributed by atoms with Crippen LogP contribution in [-0.2, 0) is 0 Å². The molecule has 2 aromatic carbocycles. The predicted molar refractivity (Wildman–Crippen MR) is 80.5 cm³/mol. The second-order valence-corrected chi connectivity index (χ2v) is 4.20. The van der Waals surface area contributed by atoms with E-state index in [1.54, 1.807) is 48.5 Å². The summed E-state index contributed by atoms with van der Waals surface area (Å²) in [6.07, 6.45) is 0. The highest BCUT2D eigenvalue weighted by molar-refractivity contribution is 5.92. The Morgan fingerprint density at radius 3 is 1.90 bits per heavy atom. The molecule has 0 bridgehead atoms. The van der Waals surface area contributed by atoms with Crippen LogP contribution in [0.15, 0.2) is 48.5 Å². The molecule has 0 amide bonds. The van der Waals surface area contributed by atoms with E-state index in [0.717, 1.165) is 0 Å². The van der Waals surface area contributed by atoms with Gasteiger partial charge in [0.05, 0.1) is 19.8 Å². The zero-order valence-electron chi connectivity index (χ0n) is 11.8. The minimum absolute atomic E-state index is 0.0111. The fourth-order valence-electron chi connectivity index (χ4n) is 2.04. The molecule has 106 valence electrons. The van der Waals surface area contributed by atoms with Gasteiger partial charge < -0.3 is 14.6 Å². The third kappa shape index (κ3) is 2.79. The van der Waals surface area contributed by atoms with E-state index in [9.17, 15) is 10.5 Å². The highest BCUT2D eigenvalue weighted by atomic mass is 16.5. The largest absolute Gasteiger partial charge is 0.501 e. The van der Waals surface area contributed by atoms with Crippen LogP contribution in [-0.4, -0.2) is 19.3 Å². The van der Waals surface area contributed by atoms with Gasteiger partial charge in [0.25, 0.3) is 0 Å². The van der Waals surface area contributed by atoms with Gasteiger partial charge in [0.1, 0.15) is 17.1 Å². The van der Waals surface area contributed by atoms with Crippen LogP contribution in [0.2, 0.25) is 0 Å². The van der Waals surface area contributed by atoms with Crippen molar-refractivity contribution in [2.75, 3.05) is 14.2 Å². The molecule has 2 rings (SSSR count). The normalized spacial score (nSPS) is 11.3. The Balaban J connectivity index is 2.66. The second kappa shape index (κ2) is 6.44. The highest BCUT2D eigenvalue weighted by Gasteiger charge is 2.27. The van der Waals surface area contributed by atoms with Crippen molar-refractivity contribution in [1.82, 2.24) is 0 Å². The van der Waals surface area contributed by atoms with E-state index in [0.29, 0.717) is 22.6 Å². The molecule has 2 aromatic rings. The van der Waals surface area contributed by atoms with E-state index in [1.165, 1.54) is 14.2 Å². The number of nitrogens with zero attached hydrogens (tertiary/aromatic N) is 2. The fourth-order valence-corrected chi connectivity index (χ4v) is 2.04. The zero-order chi connectivity index (χ0) is 15.2. The van der Waals surface area contributed by atoms with Gasteiger partial charge in [0.15, 0.2) is 4.98 Å². The van der Waals surface area contributed by atoms with Crippen molar-refractivity contribution in [3.63, 3.8) is 0 Å². The fraction of sp³-hybridized carbons (Fsp3) is 0.125. The monoisotopic (exact) mass is 283 g/mol. The minimum atomic E-state index is -0.195. The van der Waals surface area contributed by atoms with Crippen LogP contribution in [0.4, 0.5) is 0 Å². The third-order valence-corrected chi connectivity index (χ3v) is 3.05. The summed E-state index contributed by atoms with van der Waals surface area (Å²) in [5, 5.41) is 19.8. The smallest absolute Gasteiger partial charge is 0.437 e. The zero-order valence-corrected chi connectivity index (χ0v) is 11.8. The number of methoxy groups -OCH3 is 2. The van der Waals surface area contributed by atoms with Gasteiger partial charge in [-0.25, -0.2) is 0 Å². The summed E-state index contributed by atoms with van der Waals surface area (Å²) in [6, 6.07) is 13.9. The van der Waals surface area contributed by atoms with Gasteiger partial charge in [0, 0.05) is 0 Å². The average Bonchev–Trinajstić information content (AvgIpc) is 2.55. The molecular formula is C16H15N2O3+. The Kier molecular flexibility index (Phi) is 4.42. The van der Waals surface area contributed by atoms with E-state index in [4.69, 9.17) is 9.47 Å². The number of aliphatic hydroxyl groups is 1. The van der Waals surface area contributed by atoms with Crippen LogP contribution in [0.3, 0.4) is 0 Å². The van der Waals surface area contributed by atoms with E-state index in [-0.39, 0.29) is 11.5 Å². The molecule has 0 atom stereocenters. The van der Waals surface area contributed by atoms with Gasteiger partial charge in [-0.1, -0.05) is 24.3 Å². The molecule has 5 nitrogen and oxygen atoms in total. The van der Waals surface area contributed by atoms with Gasteiger partial charge in [-0.05, 0) is 24.3 Å². The summed E-state index contributed by atoms with van der Waals surface area (Å²) in [5.74, 6) is 0.775. The van der Waals surface area contributed by atoms with Crippen LogP contribution < -0.4 is 9.47 Å². The predicted octanol–water partition coefficient (Wildman–Crippen LogP) is 3.94. The third-order valence-electron chi connectivity index (χ3n) is 3.05. The van der Waals surface area contributed by atoms with Crippen molar-refractivity contribution in [3.8, 4) is 11.5 Å². The molecule has 0 aliphatic carbocycles. The van der Waals surface area contributed by atoms with E-state index in [1.807, 2.05) is 0 Å². The number of aliphatic hydroxyl groups excluding tert-OH is 1. The molecule has 0 saturated carbocycles. The lowest BCUT2D eigenvalue weighted by Gasteiger charge is -2.06. The first-order valence-corrected chi connectivity index (χ1v) is 6.28. The van der Waals surface area contributed by atoms with Crippen LogP contribution in [0.25, 0.3) is 16.4 Å². The van der Waals surface area contributed by atoms with E-state index < -0.39 is 0 Å². The first-order chi connectivity index (χ1) is 10.2. The lowest BCUT2D eigenvalue weighted by molar-refractivity contribution is 0.408. The summed E-state index contributed by atoms with van der Waals surface area (Å²) in [4.78, 5) is 3.21. The number of benzene rings is 2. The van der Waals surface area contributed by atoms with Gasteiger partial charge in [-0.2, -0.15) is 0 Å². The molecule has 0 aromatic heterocycles. The van der Waals surface area contributed by atoms with Crippen molar-refractivity contribution in [2.45, 2.75) is 0 Å². The SMILES string of the molecule is COc1ccccc1/C(O)=C(\[N+]#N)c1ccccc1OC. The summed E-state index contributed by atoms with van der Waals surface area (Å²) < 4.78 is 10.4. The molecular weight excluding hydrogens is 268 g/mol. The molecule has 5 heteroatoms. The molecule has 0 heterocycles. The van der Waals surface area contributed by atoms with Crippen LogP contribution >= 0.6 is 0 Å². The molecule has 1 N–H and O–H groups in total. The maximum atomic E-state index is 10.5. The summed E-state index contributed by atoms with van der Waals surface area (Å²) in [5.41, 5.74) is 0.918. The highest BCUT2D eigenvalue weighted by Crippen LogP contribution is 2.34. The molecule has 0 radical (unpaired) electrons. The Labute approximate surface area is 122 Å². The van der Waals surface area contributed by atoms with Gasteiger partial charge in [-0.15, -0.1) is 0 Å². The lowest BCUT2D eigenvalue weighted by Crippen LogP contribution is -1.95. The number of rotatable bonds is 4. The van der Waals surface area contributed by atoms with E-state index >= 15 is 0 Å². The minimum Gasteiger partial charge on any atom is -0.501 e. The van der Waals surface area contributed by atoms with Crippen molar-refractivity contribution >= 4 is 11.5 Å². The summed E-state index contributed by atoms with van der Waals surface area (Å²) >= 11 is 0. The van der Waals surface area contributed by atoms with Gasteiger partial charge >= 0.3 is 5.70 Å². The molecule has 0 fully saturated rings. The molecule has 0 spiro atoms. The summed E-state index contributed by atoms with van der Waals surface area (Å²) in [7, 11) is 3.01. The maximum Gasteiger partial charge on any atom is 0.437 e. The topological polar surface area (TPSA) is 66.8 Å². The second-order valence-electron chi connectivity index (χ2n) is 4.20. The van der Waals surface area contributed by atoms with Crippen LogP contribution in [0.1, 0.15) is 11.1 Å². The molecule has 0 aliphatic rings. The molecule has 0 aliphatic heterocycles. The Morgan fingerprint density at radius 2 is 1.38 bits per heavy atom. The first kappa shape index (κ1) is 14.4. The van der Waals surface area contributed by atoms with E-state index in [2.05, 4.69) is 4.98 Å². The number of para-hydroxylation sites is 2. The Morgan fingerprint density at radius 1 is 0.905 bits per heavy atom. The molecule has 0 unspecified atom stereocenters. The number of hydrogen-bond donors (Lipinski definition) is 1.